The number of carbonyl (C=O) groups is 1. The van der Waals surface area contributed by atoms with E-state index >= 15 is 0 Å². The van der Waals surface area contributed by atoms with Crippen molar-refractivity contribution in [2.24, 2.45) is 0 Å². The molecular formula is C24H19Br2ClN4O2S. The van der Waals surface area contributed by atoms with Gasteiger partial charge in [-0.3, -0.25) is 9.36 Å². The van der Waals surface area contributed by atoms with Crippen molar-refractivity contribution < 1.29 is 9.90 Å². The summed E-state index contributed by atoms with van der Waals surface area (Å²) in [6.45, 7) is 4.03. The second-order valence-electron chi connectivity index (χ2n) is 7.56. The number of aromatic nitrogens is 3. The number of carbonyl (C=O) groups excluding carboxylic acids is 1. The number of thioether (sulfide) groups is 1. The predicted octanol–water partition coefficient (Wildman–Crippen LogP) is 7.17. The number of nitrogens with zero attached hydrogens (tertiary/aromatic N) is 3. The van der Waals surface area contributed by atoms with Crippen LogP contribution in [0.3, 0.4) is 0 Å². The van der Waals surface area contributed by atoms with Crippen molar-refractivity contribution in [3.05, 3.63) is 79.7 Å². The zero-order valence-electron chi connectivity index (χ0n) is 18.1. The lowest BCUT2D eigenvalue weighted by molar-refractivity contribution is -0.113. The highest BCUT2D eigenvalue weighted by atomic mass is 79.9. The Bertz CT molecular complexity index is 1390. The number of benzene rings is 3. The first kappa shape index (κ1) is 24.8. The summed E-state index contributed by atoms with van der Waals surface area (Å²) in [6, 6.07) is 16.4. The second kappa shape index (κ2) is 10.5. The van der Waals surface area contributed by atoms with E-state index in [1.807, 2.05) is 30.5 Å². The van der Waals surface area contributed by atoms with Crippen molar-refractivity contribution in [1.82, 2.24) is 14.8 Å². The van der Waals surface area contributed by atoms with Gasteiger partial charge in [-0.05, 0) is 77.8 Å². The summed E-state index contributed by atoms with van der Waals surface area (Å²) in [4.78, 5) is 12.6. The maximum atomic E-state index is 12.6. The minimum Gasteiger partial charge on any atom is -0.507 e. The maximum Gasteiger partial charge on any atom is 0.234 e. The highest BCUT2D eigenvalue weighted by Gasteiger charge is 2.21. The standard InChI is InChI=1S/C24H19Br2ClN4O2S/c1-13-3-7-20(14(2)9-13)31-23(17-10-15(25)4-8-21(17)32)29-30-24(31)34-12-22(33)28-16-5-6-18(26)19(27)11-16/h3-11,32H,12H2,1-2H3,(H,28,33). The summed E-state index contributed by atoms with van der Waals surface area (Å²) < 4.78 is 3.42. The summed E-state index contributed by atoms with van der Waals surface area (Å²) in [5, 5.41) is 23.1. The average molecular weight is 623 g/mol. The summed E-state index contributed by atoms with van der Waals surface area (Å²) in [6.07, 6.45) is 0. The molecule has 0 saturated heterocycles. The molecule has 4 aromatic rings. The Morgan fingerprint density at radius 2 is 1.88 bits per heavy atom. The number of rotatable bonds is 6. The van der Waals surface area contributed by atoms with Crippen LogP contribution in [0.1, 0.15) is 11.1 Å². The Kier molecular flexibility index (Phi) is 7.67. The lowest BCUT2D eigenvalue weighted by Gasteiger charge is -2.14. The van der Waals surface area contributed by atoms with Gasteiger partial charge in [0.15, 0.2) is 11.0 Å². The van der Waals surface area contributed by atoms with Crippen molar-refractivity contribution >= 4 is 66.8 Å². The molecule has 0 radical (unpaired) electrons. The van der Waals surface area contributed by atoms with E-state index in [9.17, 15) is 9.90 Å². The third-order valence-corrected chi connectivity index (χ3v) is 7.62. The van der Waals surface area contributed by atoms with Crippen molar-refractivity contribution in [2.75, 3.05) is 11.1 Å². The Balaban J connectivity index is 1.67. The third kappa shape index (κ3) is 5.49. The molecular weight excluding hydrogens is 604 g/mol. The molecule has 1 amide bonds. The van der Waals surface area contributed by atoms with Gasteiger partial charge in [-0.1, -0.05) is 57.0 Å². The first-order chi connectivity index (χ1) is 16.2. The third-order valence-electron chi connectivity index (χ3n) is 4.96. The van der Waals surface area contributed by atoms with E-state index in [2.05, 4.69) is 53.4 Å². The number of anilines is 1. The highest BCUT2D eigenvalue weighted by Crippen LogP contribution is 2.35. The monoisotopic (exact) mass is 620 g/mol. The van der Waals surface area contributed by atoms with Crippen molar-refractivity contribution in [1.29, 1.82) is 0 Å². The Morgan fingerprint density at radius 1 is 1.09 bits per heavy atom. The number of halogens is 3. The molecule has 0 saturated carbocycles. The molecule has 174 valence electrons. The van der Waals surface area contributed by atoms with Crippen LogP contribution in [-0.2, 0) is 4.79 Å². The van der Waals surface area contributed by atoms with Gasteiger partial charge in [-0.2, -0.15) is 0 Å². The van der Waals surface area contributed by atoms with Crippen LogP contribution < -0.4 is 5.32 Å². The zero-order chi connectivity index (χ0) is 24.4. The molecule has 6 nitrogen and oxygen atoms in total. The Morgan fingerprint density at radius 3 is 2.62 bits per heavy atom. The molecule has 3 aromatic carbocycles. The number of hydrogen-bond donors (Lipinski definition) is 2. The van der Waals surface area contributed by atoms with E-state index in [-0.39, 0.29) is 17.4 Å². The second-order valence-corrected chi connectivity index (χ2v) is 10.7. The predicted molar refractivity (Wildman–Crippen MR) is 144 cm³/mol. The molecule has 0 unspecified atom stereocenters. The first-order valence-corrected chi connectivity index (χ1v) is 13.1. The molecule has 1 heterocycles. The number of aryl methyl sites for hydroxylation is 2. The van der Waals surface area contributed by atoms with E-state index in [0.717, 1.165) is 25.8 Å². The molecule has 0 aliphatic heterocycles. The fraction of sp³-hybridized carbons (Fsp3) is 0.125. The van der Waals surface area contributed by atoms with Crippen molar-refractivity contribution in [3.63, 3.8) is 0 Å². The van der Waals surface area contributed by atoms with Crippen LogP contribution >= 0.6 is 55.2 Å². The number of phenolic OH excluding ortho intramolecular Hbond substituents is 1. The lowest BCUT2D eigenvalue weighted by atomic mass is 10.1. The quantitative estimate of drug-likeness (QED) is 0.223. The normalized spacial score (nSPS) is 11.0. The van der Waals surface area contributed by atoms with Crippen LogP contribution in [-0.4, -0.2) is 31.5 Å². The summed E-state index contributed by atoms with van der Waals surface area (Å²) >= 11 is 14.2. The van der Waals surface area contributed by atoms with Gasteiger partial charge in [0.25, 0.3) is 0 Å². The maximum absolute atomic E-state index is 12.6. The molecule has 2 N–H and O–H groups in total. The molecule has 0 bridgehead atoms. The van der Waals surface area contributed by atoms with Crippen molar-refractivity contribution in [3.8, 4) is 22.8 Å². The van der Waals surface area contributed by atoms with Crippen molar-refractivity contribution in [2.45, 2.75) is 19.0 Å². The zero-order valence-corrected chi connectivity index (χ0v) is 22.9. The van der Waals surface area contributed by atoms with E-state index < -0.39 is 0 Å². The number of phenols is 1. The molecule has 0 fully saturated rings. The van der Waals surface area contributed by atoms with Gasteiger partial charge in [0.2, 0.25) is 5.91 Å². The van der Waals surface area contributed by atoms with Crippen LogP contribution in [0.15, 0.2) is 68.7 Å². The molecule has 4 rings (SSSR count). The number of amides is 1. The molecule has 0 spiro atoms. The van der Waals surface area contributed by atoms with Gasteiger partial charge in [0, 0.05) is 14.6 Å². The molecule has 34 heavy (non-hydrogen) atoms. The Labute approximate surface area is 223 Å². The van der Waals surface area contributed by atoms with Gasteiger partial charge in [-0.15, -0.1) is 10.2 Å². The molecule has 10 heteroatoms. The first-order valence-electron chi connectivity index (χ1n) is 10.1. The molecule has 1 aromatic heterocycles. The number of hydrogen-bond acceptors (Lipinski definition) is 5. The van der Waals surface area contributed by atoms with Crippen LogP contribution in [0.4, 0.5) is 5.69 Å². The average Bonchev–Trinajstić information content (AvgIpc) is 3.20. The van der Waals surface area contributed by atoms with E-state index in [0.29, 0.717) is 27.3 Å². The van der Waals surface area contributed by atoms with Crippen LogP contribution in [0.25, 0.3) is 17.1 Å². The van der Waals surface area contributed by atoms with Gasteiger partial charge in [0.1, 0.15) is 5.75 Å². The lowest BCUT2D eigenvalue weighted by Crippen LogP contribution is -2.14. The SMILES string of the molecule is Cc1ccc(-n2c(SCC(=O)Nc3ccc(Br)c(Cl)c3)nnc2-c2cc(Br)ccc2O)c(C)c1. The fourth-order valence-corrected chi connectivity index (χ4v) is 4.93. The van der Waals surface area contributed by atoms with E-state index in [4.69, 9.17) is 11.6 Å². The smallest absolute Gasteiger partial charge is 0.234 e. The highest BCUT2D eigenvalue weighted by molar-refractivity contribution is 9.10. The van der Waals surface area contributed by atoms with Gasteiger partial charge in [0.05, 0.1) is 22.0 Å². The van der Waals surface area contributed by atoms with Gasteiger partial charge >= 0.3 is 0 Å². The fourth-order valence-electron chi connectivity index (χ4n) is 3.40. The van der Waals surface area contributed by atoms with Crippen LogP contribution in [0, 0.1) is 13.8 Å². The molecule has 0 atom stereocenters. The van der Waals surface area contributed by atoms with E-state index in [1.54, 1.807) is 36.4 Å². The molecule has 0 aliphatic rings. The summed E-state index contributed by atoms with van der Waals surface area (Å²) in [5.41, 5.74) is 4.15. The van der Waals surface area contributed by atoms with Crippen LogP contribution in [0.5, 0.6) is 5.75 Å². The largest absolute Gasteiger partial charge is 0.507 e. The minimum absolute atomic E-state index is 0.0861. The Hall–Kier alpha value is -2.33. The number of aromatic hydroxyl groups is 1. The van der Waals surface area contributed by atoms with Gasteiger partial charge < -0.3 is 10.4 Å². The van der Waals surface area contributed by atoms with Crippen LogP contribution in [0.2, 0.25) is 5.02 Å². The van der Waals surface area contributed by atoms with E-state index in [1.165, 1.54) is 11.8 Å². The number of nitrogens with one attached hydrogen (secondary N) is 1. The summed E-state index contributed by atoms with van der Waals surface area (Å²) in [5.74, 6) is 0.475. The summed E-state index contributed by atoms with van der Waals surface area (Å²) in [7, 11) is 0. The van der Waals surface area contributed by atoms with Gasteiger partial charge in [-0.25, -0.2) is 0 Å². The molecule has 0 aliphatic carbocycles. The minimum atomic E-state index is -0.203. The topological polar surface area (TPSA) is 80.0 Å².